The zero-order chi connectivity index (χ0) is 19.3. The summed E-state index contributed by atoms with van der Waals surface area (Å²) in [6.45, 7) is 0.547. The molecule has 0 aliphatic carbocycles. The smallest absolute Gasteiger partial charge is 0.255 e. The summed E-state index contributed by atoms with van der Waals surface area (Å²) in [6, 6.07) is 23.8. The lowest BCUT2D eigenvalue weighted by atomic mass is 10.2. The number of benzene rings is 2. The van der Waals surface area contributed by atoms with Crippen molar-refractivity contribution in [3.63, 3.8) is 0 Å². The van der Waals surface area contributed by atoms with Crippen LogP contribution in [0.4, 0.5) is 0 Å². The number of amides is 1. The number of nitrogens with zero attached hydrogens (tertiary/aromatic N) is 3. The van der Waals surface area contributed by atoms with E-state index in [4.69, 9.17) is 0 Å². The van der Waals surface area contributed by atoms with E-state index in [1.165, 1.54) is 0 Å². The number of likely N-dealkylation sites (N-methyl/N-ethyl adjacent to an activating group) is 1. The summed E-state index contributed by atoms with van der Waals surface area (Å²) in [7, 11) is 1.81. The third-order valence-corrected chi connectivity index (χ3v) is 4.60. The van der Waals surface area contributed by atoms with E-state index in [1.807, 2.05) is 109 Å². The third kappa shape index (κ3) is 3.86. The molecule has 4 nitrogen and oxygen atoms in total. The molecule has 138 valence electrons. The minimum Gasteiger partial charge on any atom is -0.338 e. The molecular formula is C24H21N3O. The maximum Gasteiger partial charge on any atom is 0.255 e. The van der Waals surface area contributed by atoms with Crippen LogP contribution in [0.25, 0.3) is 23.0 Å². The predicted molar refractivity (Wildman–Crippen MR) is 113 cm³/mol. The fourth-order valence-corrected chi connectivity index (χ4v) is 3.08. The van der Waals surface area contributed by atoms with E-state index in [1.54, 1.807) is 4.90 Å². The molecule has 2 aromatic carbocycles. The molecule has 0 aliphatic heterocycles. The van der Waals surface area contributed by atoms with Crippen LogP contribution in [0.5, 0.6) is 0 Å². The van der Waals surface area contributed by atoms with Gasteiger partial charge < -0.3 is 9.30 Å². The van der Waals surface area contributed by atoms with Gasteiger partial charge in [-0.2, -0.15) is 0 Å². The van der Waals surface area contributed by atoms with Crippen molar-refractivity contribution in [3.05, 3.63) is 102 Å². The summed E-state index contributed by atoms with van der Waals surface area (Å²) in [5, 5.41) is 0. The molecule has 28 heavy (non-hydrogen) atoms. The number of imidazole rings is 1. The molecule has 2 heterocycles. The van der Waals surface area contributed by atoms with E-state index in [-0.39, 0.29) is 5.91 Å². The molecule has 0 spiro atoms. The van der Waals surface area contributed by atoms with Gasteiger partial charge in [0.2, 0.25) is 0 Å². The molecule has 1 amide bonds. The summed E-state index contributed by atoms with van der Waals surface area (Å²) in [6.07, 6.45) is 7.82. The Bertz CT molecular complexity index is 1110. The Labute approximate surface area is 164 Å². The second-order valence-corrected chi connectivity index (χ2v) is 6.67. The number of rotatable bonds is 5. The number of hydrogen-bond donors (Lipinski definition) is 0. The molecule has 0 saturated carbocycles. The second-order valence-electron chi connectivity index (χ2n) is 6.67. The Morgan fingerprint density at radius 1 is 0.964 bits per heavy atom. The molecule has 0 N–H and O–H groups in total. The molecule has 0 aliphatic rings. The van der Waals surface area contributed by atoms with Crippen LogP contribution in [0.3, 0.4) is 0 Å². The van der Waals surface area contributed by atoms with Gasteiger partial charge in [-0.25, -0.2) is 4.98 Å². The van der Waals surface area contributed by atoms with Gasteiger partial charge in [-0.1, -0.05) is 72.8 Å². The van der Waals surface area contributed by atoms with E-state index in [2.05, 4.69) is 4.98 Å². The highest BCUT2D eigenvalue weighted by molar-refractivity contribution is 5.94. The van der Waals surface area contributed by atoms with Gasteiger partial charge in [0.1, 0.15) is 5.65 Å². The van der Waals surface area contributed by atoms with Crippen LogP contribution < -0.4 is 0 Å². The maximum atomic E-state index is 12.8. The largest absolute Gasteiger partial charge is 0.338 e. The predicted octanol–water partition coefficient (Wildman–Crippen LogP) is 4.79. The average Bonchev–Trinajstić information content (AvgIpc) is 3.18. The van der Waals surface area contributed by atoms with E-state index < -0.39 is 0 Å². The van der Waals surface area contributed by atoms with Crippen molar-refractivity contribution in [3.8, 4) is 11.3 Å². The highest BCUT2D eigenvalue weighted by Crippen LogP contribution is 2.19. The minimum absolute atomic E-state index is 0.0189. The molecule has 4 heteroatoms. The van der Waals surface area contributed by atoms with Gasteiger partial charge in [-0.3, -0.25) is 4.79 Å². The van der Waals surface area contributed by atoms with Crippen molar-refractivity contribution in [2.45, 2.75) is 0 Å². The van der Waals surface area contributed by atoms with Crippen LogP contribution in [0.15, 0.2) is 91.3 Å². The number of hydrogen-bond acceptors (Lipinski definition) is 2. The SMILES string of the molecule is CN(CC=Cc1ccccc1)C(=O)c1ccc2nc(-c3ccccc3)cn2c1. The monoisotopic (exact) mass is 367 g/mol. The number of carbonyl (C=O) groups excluding carboxylic acids is 1. The number of pyridine rings is 1. The van der Waals surface area contributed by atoms with E-state index >= 15 is 0 Å². The van der Waals surface area contributed by atoms with Gasteiger partial charge in [0, 0.05) is 31.5 Å². The Morgan fingerprint density at radius 3 is 2.43 bits per heavy atom. The van der Waals surface area contributed by atoms with Gasteiger partial charge in [0.15, 0.2) is 0 Å². The van der Waals surface area contributed by atoms with E-state index in [0.717, 1.165) is 22.5 Å². The first kappa shape index (κ1) is 17.7. The van der Waals surface area contributed by atoms with Gasteiger partial charge in [0.05, 0.1) is 11.3 Å². The topological polar surface area (TPSA) is 37.6 Å². The Hall–Kier alpha value is -3.66. The van der Waals surface area contributed by atoms with Crippen molar-refractivity contribution in [2.75, 3.05) is 13.6 Å². The molecule has 0 atom stereocenters. The van der Waals surface area contributed by atoms with Crippen molar-refractivity contribution in [2.24, 2.45) is 0 Å². The summed E-state index contributed by atoms with van der Waals surface area (Å²) in [5.41, 5.74) is 4.53. The zero-order valence-electron chi connectivity index (χ0n) is 15.7. The van der Waals surface area contributed by atoms with Crippen LogP contribution in [0.2, 0.25) is 0 Å². The first-order chi connectivity index (χ1) is 13.7. The standard InChI is InChI=1S/C24H21N3O/c1-26(16-8-11-19-9-4-2-5-10-19)24(28)21-14-15-23-25-22(18-27(23)17-21)20-12-6-3-7-13-20/h2-15,17-18H,16H2,1H3. The summed E-state index contributed by atoms with van der Waals surface area (Å²) < 4.78 is 1.91. The van der Waals surface area contributed by atoms with E-state index in [9.17, 15) is 4.79 Å². The molecule has 0 unspecified atom stereocenters. The maximum absolute atomic E-state index is 12.8. The van der Waals surface area contributed by atoms with Crippen molar-refractivity contribution in [1.82, 2.24) is 14.3 Å². The molecule has 2 aromatic heterocycles. The second kappa shape index (κ2) is 7.92. The average molecular weight is 367 g/mol. The molecule has 0 saturated heterocycles. The van der Waals surface area contributed by atoms with Crippen molar-refractivity contribution >= 4 is 17.6 Å². The molecule has 4 aromatic rings. The lowest BCUT2D eigenvalue weighted by Gasteiger charge is -2.15. The quantitative estimate of drug-likeness (QED) is 0.509. The highest BCUT2D eigenvalue weighted by Gasteiger charge is 2.12. The van der Waals surface area contributed by atoms with Crippen LogP contribution in [0, 0.1) is 0 Å². The van der Waals surface area contributed by atoms with Crippen LogP contribution in [-0.2, 0) is 0 Å². The van der Waals surface area contributed by atoms with Crippen molar-refractivity contribution in [1.29, 1.82) is 0 Å². The van der Waals surface area contributed by atoms with Crippen LogP contribution >= 0.6 is 0 Å². The summed E-state index contributed by atoms with van der Waals surface area (Å²) >= 11 is 0. The van der Waals surface area contributed by atoms with Crippen LogP contribution in [-0.4, -0.2) is 33.8 Å². The number of aromatic nitrogens is 2. The number of fused-ring (bicyclic) bond motifs is 1. The van der Waals surface area contributed by atoms with Gasteiger partial charge in [-0.05, 0) is 17.7 Å². The number of carbonyl (C=O) groups is 1. The van der Waals surface area contributed by atoms with Crippen LogP contribution in [0.1, 0.15) is 15.9 Å². The van der Waals surface area contributed by atoms with Crippen molar-refractivity contribution < 1.29 is 4.79 Å². The fraction of sp³-hybridized carbons (Fsp3) is 0.0833. The molecule has 0 radical (unpaired) electrons. The first-order valence-electron chi connectivity index (χ1n) is 9.22. The lowest BCUT2D eigenvalue weighted by molar-refractivity contribution is 0.0810. The lowest BCUT2D eigenvalue weighted by Crippen LogP contribution is -2.26. The van der Waals surface area contributed by atoms with Gasteiger partial charge >= 0.3 is 0 Å². The third-order valence-electron chi connectivity index (χ3n) is 4.60. The Balaban J connectivity index is 1.50. The first-order valence-corrected chi connectivity index (χ1v) is 9.22. The summed E-state index contributed by atoms with van der Waals surface area (Å²) in [5.74, 6) is -0.0189. The highest BCUT2D eigenvalue weighted by atomic mass is 16.2. The molecule has 0 fully saturated rings. The summed E-state index contributed by atoms with van der Waals surface area (Å²) in [4.78, 5) is 19.1. The Morgan fingerprint density at radius 2 is 1.68 bits per heavy atom. The molecule has 0 bridgehead atoms. The fourth-order valence-electron chi connectivity index (χ4n) is 3.08. The normalized spacial score (nSPS) is 11.2. The van der Waals surface area contributed by atoms with Gasteiger partial charge in [0.25, 0.3) is 5.91 Å². The zero-order valence-corrected chi connectivity index (χ0v) is 15.7. The minimum atomic E-state index is -0.0189. The Kier molecular flexibility index (Phi) is 5.02. The molecule has 4 rings (SSSR count). The molecular weight excluding hydrogens is 346 g/mol. The van der Waals surface area contributed by atoms with E-state index in [0.29, 0.717) is 12.1 Å². The van der Waals surface area contributed by atoms with Gasteiger partial charge in [-0.15, -0.1) is 0 Å².